The number of hydrogen-bond donors (Lipinski definition) is 2. The van der Waals surface area contributed by atoms with Gasteiger partial charge in [0.2, 0.25) is 0 Å². The van der Waals surface area contributed by atoms with Crippen LogP contribution < -0.4 is 40.8 Å². The molecule has 5 aliphatic heterocycles. The standard InChI is InChI=1S/C16H17F4N3O4.C16H20FN3O3S.C14H14P2S4.2H2O/c17-12-7-10(1-2-13(12)22-3-5-26-6-4-22)23-9-11(27-15(23)25)8-21-14(24)16(18,19)20;1-11(24)18-9-13-10-20(16(21)23-13)12-2-3-15(14(17)8-12)19-4-6-22-7-5-19;1-11-3-7-13(8-4-11)15(17)19-16(18,20-15)14-9-5-12(2)6-10-14;;/h1-2,7,11H,3-6,8-9H2,(H,21,24);2-3,8,13H,4-7,9-10H2,1H3,(H,18,24);3-10H,1-2H3;2*1H2/t11-;13-;;;/m00.../s1. The molecule has 27 heteroatoms. The molecule has 0 bridgehead atoms. The fourth-order valence-electron chi connectivity index (χ4n) is 7.62. The van der Waals surface area contributed by atoms with Crippen molar-refractivity contribution < 1.29 is 66.2 Å². The summed E-state index contributed by atoms with van der Waals surface area (Å²) in [4.78, 5) is 41.8. The second-order valence-electron chi connectivity index (χ2n) is 16.7. The molecule has 4 aromatic carbocycles. The highest BCUT2D eigenvalue weighted by molar-refractivity contribution is 9.48. The van der Waals surface area contributed by atoms with Crippen LogP contribution in [0.3, 0.4) is 0 Å². The van der Waals surface area contributed by atoms with Crippen LogP contribution >= 0.6 is 43.1 Å². The number of amides is 3. The summed E-state index contributed by atoms with van der Waals surface area (Å²) in [5, 5.41) is 7.25. The Bertz CT molecular complexity index is 2610. The lowest BCUT2D eigenvalue weighted by molar-refractivity contribution is -0.173. The van der Waals surface area contributed by atoms with Crippen LogP contribution in [0, 0.1) is 25.5 Å². The van der Waals surface area contributed by atoms with E-state index in [0.717, 1.165) is 4.90 Å². The number of hydrogen-bond acceptors (Lipinski definition) is 14. The zero-order chi connectivity index (χ0) is 51.1. The van der Waals surface area contributed by atoms with Gasteiger partial charge in [0.1, 0.15) is 23.8 Å². The molecule has 5 aliphatic rings. The Labute approximate surface area is 442 Å². The van der Waals surface area contributed by atoms with Gasteiger partial charge in [-0.1, -0.05) is 117 Å². The molecular weight excluding hydrogens is 1100 g/mol. The van der Waals surface area contributed by atoms with Gasteiger partial charge >= 0.3 is 24.3 Å². The summed E-state index contributed by atoms with van der Waals surface area (Å²) >= 11 is 20.6. The molecule has 15 nitrogen and oxygen atoms in total. The SMILES string of the molecule is CC(=S)NC[C@H]1CN(c2ccc(N3CCOCC3)c(F)c2)C(=O)O1.Cc1ccc(P2(=S)SP(=S)(c3ccc(C)cc3)S2)cc1.O.O.O=C1O[C@@H](CNC(=O)C(F)(F)F)CN1c1ccc(N2CCOCC2)c(F)c1. The van der Waals surface area contributed by atoms with Crippen LogP contribution in [0.1, 0.15) is 18.1 Å². The third kappa shape index (κ3) is 15.5. The van der Waals surface area contributed by atoms with Crippen LogP contribution in [0.2, 0.25) is 0 Å². The Hall–Kier alpha value is -4.13. The smallest absolute Gasteiger partial charge is 0.442 e. The summed E-state index contributed by atoms with van der Waals surface area (Å²) in [6.07, 6.45) is -7.58. The number of benzene rings is 4. The van der Waals surface area contributed by atoms with E-state index in [1.165, 1.54) is 50.9 Å². The third-order valence-electron chi connectivity index (χ3n) is 11.4. The average molecular weight is 1150 g/mol. The summed E-state index contributed by atoms with van der Waals surface area (Å²) in [5.41, 5.74) is 4.19. The van der Waals surface area contributed by atoms with Gasteiger partial charge in [0, 0.05) is 36.8 Å². The number of alkyl halides is 3. The van der Waals surface area contributed by atoms with Gasteiger partial charge in [-0.3, -0.25) is 14.6 Å². The fourth-order valence-corrected chi connectivity index (χ4v) is 50.0. The number of thiocarbonyl (C=S) groups is 1. The monoisotopic (exact) mass is 1150 g/mol. The van der Waals surface area contributed by atoms with Crippen molar-refractivity contribution in [2.75, 3.05) is 98.4 Å². The van der Waals surface area contributed by atoms with Crippen molar-refractivity contribution >= 4 is 123 Å². The minimum atomic E-state index is -5.01. The van der Waals surface area contributed by atoms with Crippen molar-refractivity contribution in [3.8, 4) is 0 Å². The predicted octanol–water partition coefficient (Wildman–Crippen LogP) is 7.29. The molecule has 5 heterocycles. The maximum Gasteiger partial charge on any atom is 0.471 e. The zero-order valence-corrected chi connectivity index (χ0v) is 45.6. The Morgan fingerprint density at radius 2 is 1.03 bits per heavy atom. The minimum Gasteiger partial charge on any atom is -0.442 e. The number of halogens is 5. The molecule has 6 N–H and O–H groups in total. The molecule has 9 rings (SSSR count). The summed E-state index contributed by atoms with van der Waals surface area (Å²) < 4.78 is 83.1. The highest BCUT2D eigenvalue weighted by atomic mass is 33.7. The molecule has 5 saturated heterocycles. The van der Waals surface area contributed by atoms with Crippen LogP contribution in [0.4, 0.5) is 54.3 Å². The number of aryl methyl sites for hydroxylation is 2. The summed E-state index contributed by atoms with van der Waals surface area (Å²) in [6.45, 7) is 10.8. The van der Waals surface area contributed by atoms with Crippen molar-refractivity contribution in [2.24, 2.45) is 0 Å². The van der Waals surface area contributed by atoms with Crippen molar-refractivity contribution in [3.63, 3.8) is 0 Å². The maximum atomic E-state index is 14.5. The van der Waals surface area contributed by atoms with Gasteiger partial charge in [0.05, 0.1) is 89.2 Å². The van der Waals surface area contributed by atoms with Crippen LogP contribution in [0.15, 0.2) is 84.9 Å². The molecular formula is C46H55F5N6O9P2S5. The molecule has 398 valence electrons. The number of nitrogens with one attached hydrogen (secondary N) is 2. The van der Waals surface area contributed by atoms with E-state index in [4.69, 9.17) is 54.8 Å². The number of ether oxygens (including phenoxy) is 4. The summed E-state index contributed by atoms with van der Waals surface area (Å²) in [5.74, 6) is -2.99. The normalized spacial score (nSPS) is 22.4. The Kier molecular flexibility index (Phi) is 21.3. The van der Waals surface area contributed by atoms with Gasteiger partial charge in [-0.2, -0.15) is 13.2 Å². The molecule has 0 saturated carbocycles. The Balaban J connectivity index is 0.000000202. The van der Waals surface area contributed by atoms with E-state index in [2.05, 4.69) is 67.7 Å². The summed E-state index contributed by atoms with van der Waals surface area (Å²) in [6, 6.07) is 26.4. The van der Waals surface area contributed by atoms with Crippen LogP contribution in [0.5, 0.6) is 0 Å². The van der Waals surface area contributed by atoms with Crippen LogP contribution in [-0.2, 0) is 47.4 Å². The lowest BCUT2D eigenvalue weighted by Gasteiger charge is -2.40. The molecule has 0 radical (unpaired) electrons. The largest absolute Gasteiger partial charge is 0.471 e. The number of carbonyl (C=O) groups excluding carboxylic acids is 3. The zero-order valence-electron chi connectivity index (χ0n) is 39.7. The highest BCUT2D eigenvalue weighted by Gasteiger charge is 2.46. The minimum absolute atomic E-state index is 0. The van der Waals surface area contributed by atoms with E-state index in [1.54, 1.807) is 24.4 Å². The average Bonchev–Trinajstić information content (AvgIpc) is 3.91. The highest BCUT2D eigenvalue weighted by Crippen LogP contribution is 3.04. The van der Waals surface area contributed by atoms with Crippen LogP contribution in [0.25, 0.3) is 0 Å². The number of morpholine rings is 2. The van der Waals surface area contributed by atoms with E-state index in [1.807, 2.05) is 31.8 Å². The maximum absolute atomic E-state index is 14.5. The van der Waals surface area contributed by atoms with E-state index in [-0.39, 0.29) is 35.1 Å². The first kappa shape index (κ1) is 59.7. The van der Waals surface area contributed by atoms with Gasteiger partial charge in [-0.25, -0.2) is 18.4 Å². The van der Waals surface area contributed by atoms with E-state index < -0.39 is 51.6 Å². The van der Waals surface area contributed by atoms with Gasteiger partial charge in [0.25, 0.3) is 0 Å². The summed E-state index contributed by atoms with van der Waals surface area (Å²) in [7, 11) is 0. The molecule has 0 aliphatic carbocycles. The number of rotatable bonds is 10. The molecule has 4 aromatic rings. The fraction of sp³-hybridized carbons (Fsp3) is 0.391. The van der Waals surface area contributed by atoms with Gasteiger partial charge in [-0.15, -0.1) is 0 Å². The van der Waals surface area contributed by atoms with Crippen molar-refractivity contribution in [2.45, 2.75) is 39.2 Å². The molecule has 0 aromatic heterocycles. The lowest BCUT2D eigenvalue weighted by Crippen LogP contribution is -2.41. The van der Waals surface area contributed by atoms with E-state index in [0.29, 0.717) is 87.7 Å². The first-order valence-corrected chi connectivity index (χ1v) is 32.4. The van der Waals surface area contributed by atoms with E-state index >= 15 is 0 Å². The van der Waals surface area contributed by atoms with Crippen molar-refractivity contribution in [3.05, 3.63) is 108 Å². The second kappa shape index (κ2) is 26.1. The first-order chi connectivity index (χ1) is 33.7. The predicted molar refractivity (Wildman–Crippen MR) is 292 cm³/mol. The number of carbonyl (C=O) groups is 3. The van der Waals surface area contributed by atoms with Crippen molar-refractivity contribution in [1.82, 2.24) is 10.6 Å². The van der Waals surface area contributed by atoms with Gasteiger partial charge in [0.15, 0.2) is 0 Å². The lowest BCUT2D eigenvalue weighted by atomic mass is 10.2. The van der Waals surface area contributed by atoms with Crippen molar-refractivity contribution in [1.29, 1.82) is 0 Å². The van der Waals surface area contributed by atoms with E-state index in [9.17, 15) is 36.3 Å². The van der Waals surface area contributed by atoms with Gasteiger partial charge < -0.3 is 50.3 Å². The Morgan fingerprint density at radius 1 is 0.658 bits per heavy atom. The molecule has 3 amide bonds. The molecule has 73 heavy (non-hydrogen) atoms. The topological polar surface area (TPSA) is 188 Å². The Morgan fingerprint density at radius 3 is 1.37 bits per heavy atom. The molecule has 0 unspecified atom stereocenters. The quantitative estimate of drug-likeness (QED) is 0.0915. The first-order valence-electron chi connectivity index (χ1n) is 22.3. The number of nitrogens with zero attached hydrogens (tertiary/aromatic N) is 4. The second-order valence-corrected chi connectivity index (χ2v) is 38.6. The molecule has 0 spiro atoms. The van der Waals surface area contributed by atoms with Gasteiger partial charge in [-0.05, 0) is 57.2 Å². The van der Waals surface area contributed by atoms with Crippen LogP contribution in [-0.4, -0.2) is 131 Å². The molecule has 2 atom stereocenters. The molecule has 5 fully saturated rings. The number of cyclic esters (lactones) is 2. The third-order valence-corrected chi connectivity index (χ3v) is 42.8. The number of anilines is 4.